The summed E-state index contributed by atoms with van der Waals surface area (Å²) in [5, 5.41) is 12.3. The zero-order valence-electron chi connectivity index (χ0n) is 11.1. The summed E-state index contributed by atoms with van der Waals surface area (Å²) in [6.07, 6.45) is 0.781. The fourth-order valence-electron chi connectivity index (χ4n) is 1.77. The highest BCUT2D eigenvalue weighted by molar-refractivity contribution is 7.99. The molecule has 1 heterocycles. The number of anilines is 1. The van der Waals surface area contributed by atoms with Crippen molar-refractivity contribution in [2.45, 2.75) is 6.42 Å². The second-order valence-corrected chi connectivity index (χ2v) is 5.58. The molecule has 0 atom stereocenters. The van der Waals surface area contributed by atoms with Gasteiger partial charge in [0.15, 0.2) is 5.76 Å². The van der Waals surface area contributed by atoms with Gasteiger partial charge in [0.2, 0.25) is 0 Å². The van der Waals surface area contributed by atoms with Crippen LogP contribution in [-0.2, 0) is 0 Å². The molecule has 1 aromatic heterocycles. The smallest absolute Gasteiger partial charge is 0.287 e. The Hall–Kier alpha value is -1.66. The fourth-order valence-corrected chi connectivity index (χ4v) is 2.55. The first-order valence-electron chi connectivity index (χ1n) is 6.46. The summed E-state index contributed by atoms with van der Waals surface area (Å²) in [6.45, 7) is 0.787. The Kier molecular flexibility index (Phi) is 5.31. The number of benzene rings is 1. The standard InChI is InChI=1S/C14H18N2O3S/c15-11-2-3-12-10(8-11)9-13(19-12)14(18)16-4-7-20-6-1-5-17/h2-3,8-9,17H,1,4-7,15H2,(H,16,18). The number of hydrogen-bond donors (Lipinski definition) is 3. The zero-order valence-corrected chi connectivity index (χ0v) is 11.9. The molecule has 0 aliphatic heterocycles. The van der Waals surface area contributed by atoms with Gasteiger partial charge >= 0.3 is 0 Å². The first-order valence-corrected chi connectivity index (χ1v) is 7.62. The highest BCUT2D eigenvalue weighted by Gasteiger charge is 2.11. The van der Waals surface area contributed by atoms with Crippen LogP contribution in [0.25, 0.3) is 11.0 Å². The maximum Gasteiger partial charge on any atom is 0.287 e. The Morgan fingerprint density at radius 2 is 2.20 bits per heavy atom. The molecule has 1 amide bonds. The van der Waals surface area contributed by atoms with Gasteiger partial charge in [0.05, 0.1) is 0 Å². The van der Waals surface area contributed by atoms with Gasteiger partial charge in [-0.1, -0.05) is 0 Å². The van der Waals surface area contributed by atoms with Gasteiger partial charge in [0.25, 0.3) is 5.91 Å². The lowest BCUT2D eigenvalue weighted by Crippen LogP contribution is -2.25. The van der Waals surface area contributed by atoms with Crippen molar-refractivity contribution in [3.05, 3.63) is 30.0 Å². The Morgan fingerprint density at radius 3 is 3.00 bits per heavy atom. The molecule has 0 aliphatic rings. The Balaban J connectivity index is 1.85. The molecule has 0 fully saturated rings. The first-order chi connectivity index (χ1) is 9.70. The van der Waals surface area contributed by atoms with Crippen LogP contribution in [0.1, 0.15) is 17.0 Å². The molecule has 0 saturated carbocycles. The number of carbonyl (C=O) groups excluding carboxylic acids is 1. The number of thioether (sulfide) groups is 1. The molecule has 0 saturated heterocycles. The van der Waals surface area contributed by atoms with Crippen molar-refractivity contribution < 1.29 is 14.3 Å². The number of nitrogens with two attached hydrogens (primary N) is 1. The van der Waals surface area contributed by atoms with E-state index in [9.17, 15) is 4.79 Å². The van der Waals surface area contributed by atoms with Crippen LogP contribution in [0.15, 0.2) is 28.7 Å². The van der Waals surface area contributed by atoms with Crippen molar-refractivity contribution >= 4 is 34.3 Å². The summed E-state index contributed by atoms with van der Waals surface area (Å²) in [5.41, 5.74) is 6.98. The third-order valence-corrected chi connectivity index (χ3v) is 3.81. The lowest BCUT2D eigenvalue weighted by atomic mass is 10.2. The van der Waals surface area contributed by atoms with Gasteiger partial charge in [-0.05, 0) is 36.4 Å². The van der Waals surface area contributed by atoms with Crippen LogP contribution < -0.4 is 11.1 Å². The summed E-state index contributed by atoms with van der Waals surface area (Å²) < 4.78 is 5.47. The maximum atomic E-state index is 11.9. The van der Waals surface area contributed by atoms with E-state index in [0.29, 0.717) is 23.6 Å². The third-order valence-electron chi connectivity index (χ3n) is 2.74. The van der Waals surface area contributed by atoms with Crippen LogP contribution in [0.5, 0.6) is 0 Å². The van der Waals surface area contributed by atoms with E-state index in [2.05, 4.69) is 5.32 Å². The minimum absolute atomic E-state index is 0.210. The molecule has 4 N–H and O–H groups in total. The van der Waals surface area contributed by atoms with E-state index >= 15 is 0 Å². The van der Waals surface area contributed by atoms with Crippen LogP contribution in [0.2, 0.25) is 0 Å². The van der Waals surface area contributed by atoms with E-state index in [1.807, 2.05) is 0 Å². The van der Waals surface area contributed by atoms with Crippen LogP contribution in [0.3, 0.4) is 0 Å². The van der Waals surface area contributed by atoms with Gasteiger partial charge in [-0.25, -0.2) is 0 Å². The number of aliphatic hydroxyl groups is 1. The molecule has 0 radical (unpaired) electrons. The predicted octanol–water partition coefficient (Wildman–Crippen LogP) is 1.86. The molecule has 1 aromatic carbocycles. The van der Waals surface area contributed by atoms with Gasteiger partial charge in [-0.3, -0.25) is 4.79 Å². The van der Waals surface area contributed by atoms with E-state index in [1.165, 1.54) is 0 Å². The van der Waals surface area contributed by atoms with E-state index in [4.69, 9.17) is 15.3 Å². The highest BCUT2D eigenvalue weighted by Crippen LogP contribution is 2.21. The molecule has 2 aromatic rings. The Bertz CT molecular complexity index is 583. The topological polar surface area (TPSA) is 88.5 Å². The molecule has 0 bridgehead atoms. The average Bonchev–Trinajstić information content (AvgIpc) is 2.85. The first kappa shape index (κ1) is 14.7. The van der Waals surface area contributed by atoms with E-state index in [-0.39, 0.29) is 12.5 Å². The number of hydrogen-bond acceptors (Lipinski definition) is 5. The van der Waals surface area contributed by atoms with Crippen LogP contribution in [-0.4, -0.2) is 35.7 Å². The number of fused-ring (bicyclic) bond motifs is 1. The number of furan rings is 1. The molecule has 2 rings (SSSR count). The quantitative estimate of drug-likeness (QED) is 0.536. The molecular formula is C14H18N2O3S. The monoisotopic (exact) mass is 294 g/mol. The van der Waals surface area contributed by atoms with E-state index in [1.54, 1.807) is 36.0 Å². The van der Waals surface area contributed by atoms with Crippen LogP contribution in [0, 0.1) is 0 Å². The summed E-state index contributed by atoms with van der Waals surface area (Å²) in [5.74, 6) is 1.79. The van der Waals surface area contributed by atoms with Crippen LogP contribution >= 0.6 is 11.8 Å². The number of carbonyl (C=O) groups is 1. The lowest BCUT2D eigenvalue weighted by Gasteiger charge is -2.02. The molecule has 0 aliphatic carbocycles. The molecule has 5 nitrogen and oxygen atoms in total. The minimum Gasteiger partial charge on any atom is -0.451 e. The summed E-state index contributed by atoms with van der Waals surface area (Å²) in [7, 11) is 0. The number of amides is 1. The highest BCUT2D eigenvalue weighted by atomic mass is 32.2. The number of nitrogens with one attached hydrogen (secondary N) is 1. The van der Waals surface area contributed by atoms with Crippen molar-refractivity contribution in [2.75, 3.05) is 30.4 Å². The molecule has 108 valence electrons. The average molecular weight is 294 g/mol. The van der Waals surface area contributed by atoms with Crippen LogP contribution in [0.4, 0.5) is 5.69 Å². The van der Waals surface area contributed by atoms with Gasteiger partial charge in [-0.15, -0.1) is 0 Å². The molecule has 0 unspecified atom stereocenters. The summed E-state index contributed by atoms with van der Waals surface area (Å²) in [6, 6.07) is 6.97. The zero-order chi connectivity index (χ0) is 14.4. The second kappa shape index (κ2) is 7.21. The Morgan fingerprint density at radius 1 is 1.35 bits per heavy atom. The number of rotatable bonds is 7. The van der Waals surface area contributed by atoms with E-state index < -0.39 is 0 Å². The lowest BCUT2D eigenvalue weighted by molar-refractivity contribution is 0.0930. The molecule has 6 heteroatoms. The van der Waals surface area contributed by atoms with Crippen molar-refractivity contribution in [3.63, 3.8) is 0 Å². The molecule has 20 heavy (non-hydrogen) atoms. The summed E-state index contributed by atoms with van der Waals surface area (Å²) >= 11 is 1.70. The Labute approximate surface area is 121 Å². The normalized spacial score (nSPS) is 10.8. The maximum absolute atomic E-state index is 11.9. The SMILES string of the molecule is Nc1ccc2oc(C(=O)NCCSCCCO)cc2c1. The van der Waals surface area contributed by atoms with Gasteiger partial charge < -0.3 is 20.6 Å². The van der Waals surface area contributed by atoms with E-state index in [0.717, 1.165) is 23.3 Å². The summed E-state index contributed by atoms with van der Waals surface area (Å²) in [4.78, 5) is 11.9. The molecule has 0 spiro atoms. The number of aliphatic hydroxyl groups excluding tert-OH is 1. The van der Waals surface area contributed by atoms with Gasteiger partial charge in [0.1, 0.15) is 5.58 Å². The number of nitrogen functional groups attached to an aromatic ring is 1. The second-order valence-electron chi connectivity index (χ2n) is 4.35. The largest absolute Gasteiger partial charge is 0.451 e. The predicted molar refractivity (Wildman–Crippen MR) is 82.0 cm³/mol. The third kappa shape index (κ3) is 3.91. The van der Waals surface area contributed by atoms with Crippen molar-refractivity contribution in [1.29, 1.82) is 0 Å². The van der Waals surface area contributed by atoms with Gasteiger partial charge in [0, 0.05) is 30.0 Å². The molecular weight excluding hydrogens is 276 g/mol. The van der Waals surface area contributed by atoms with Crippen molar-refractivity contribution in [2.24, 2.45) is 0 Å². The minimum atomic E-state index is -0.220. The van der Waals surface area contributed by atoms with Gasteiger partial charge in [-0.2, -0.15) is 11.8 Å². The fraction of sp³-hybridized carbons (Fsp3) is 0.357. The van der Waals surface area contributed by atoms with Crippen molar-refractivity contribution in [1.82, 2.24) is 5.32 Å². The van der Waals surface area contributed by atoms with Crippen molar-refractivity contribution in [3.8, 4) is 0 Å².